The third-order valence-electron chi connectivity index (χ3n) is 6.26. The van der Waals surface area contributed by atoms with E-state index in [2.05, 4.69) is 45.5 Å². The zero-order valence-corrected chi connectivity index (χ0v) is 18.9. The molecule has 0 aliphatic carbocycles. The number of methoxy groups -OCH3 is 1. The molecule has 31 heavy (non-hydrogen) atoms. The van der Waals surface area contributed by atoms with E-state index in [1.807, 2.05) is 0 Å². The normalized spacial score (nSPS) is 20.4. The highest BCUT2D eigenvalue weighted by molar-refractivity contribution is 7.17. The average molecular weight is 439 g/mol. The van der Waals surface area contributed by atoms with E-state index in [-0.39, 0.29) is 0 Å². The molecule has 1 unspecified atom stereocenters. The van der Waals surface area contributed by atoms with Crippen molar-refractivity contribution < 1.29 is 9.47 Å². The van der Waals surface area contributed by atoms with Crippen molar-refractivity contribution in [3.63, 3.8) is 0 Å². The molecule has 1 aromatic carbocycles. The van der Waals surface area contributed by atoms with E-state index in [1.165, 1.54) is 29.4 Å². The lowest BCUT2D eigenvalue weighted by Gasteiger charge is -2.37. The largest absolute Gasteiger partial charge is 0.379 e. The van der Waals surface area contributed by atoms with E-state index in [1.54, 1.807) is 18.4 Å². The van der Waals surface area contributed by atoms with Crippen LogP contribution < -0.4 is 4.90 Å². The van der Waals surface area contributed by atoms with Gasteiger partial charge in [0.1, 0.15) is 17.3 Å². The standard InChI is InChI=1S/C24H30N4O2S/c1-29-16-21-25-23(22-20(17-31-24(22)26-21)19-7-3-2-4-8-19)28-9-5-6-18(15-28)14-27-10-12-30-13-11-27/h2-4,7-8,17-18H,5-6,9-16H2,1H3. The fourth-order valence-electron chi connectivity index (χ4n) is 4.77. The first-order chi connectivity index (χ1) is 15.3. The number of anilines is 1. The van der Waals surface area contributed by atoms with Crippen LogP contribution in [0.15, 0.2) is 35.7 Å². The lowest BCUT2D eigenvalue weighted by Crippen LogP contribution is -2.44. The first-order valence-corrected chi connectivity index (χ1v) is 12.1. The van der Waals surface area contributed by atoms with Crippen molar-refractivity contribution in [1.29, 1.82) is 0 Å². The Balaban J connectivity index is 1.48. The lowest BCUT2D eigenvalue weighted by molar-refractivity contribution is 0.0296. The SMILES string of the molecule is COCc1nc(N2CCCC(CN3CCOCC3)C2)c2c(-c3ccccc3)csc2n1. The van der Waals surface area contributed by atoms with Gasteiger partial charge in [0, 0.05) is 50.8 Å². The number of hydrogen-bond acceptors (Lipinski definition) is 7. The number of fused-ring (bicyclic) bond motifs is 1. The van der Waals surface area contributed by atoms with Gasteiger partial charge in [-0.05, 0) is 24.3 Å². The number of piperidine rings is 1. The molecule has 0 spiro atoms. The first kappa shape index (κ1) is 20.8. The van der Waals surface area contributed by atoms with Gasteiger partial charge in [0.15, 0.2) is 5.82 Å². The number of morpholine rings is 1. The van der Waals surface area contributed by atoms with Gasteiger partial charge in [-0.25, -0.2) is 9.97 Å². The molecule has 0 radical (unpaired) electrons. The van der Waals surface area contributed by atoms with E-state index in [9.17, 15) is 0 Å². The highest BCUT2D eigenvalue weighted by Crippen LogP contribution is 2.39. The van der Waals surface area contributed by atoms with Crippen molar-refractivity contribution in [1.82, 2.24) is 14.9 Å². The maximum absolute atomic E-state index is 5.53. The Hall–Kier alpha value is -2.06. The second-order valence-electron chi connectivity index (χ2n) is 8.46. The molecular weight excluding hydrogens is 408 g/mol. The molecule has 2 aliphatic rings. The van der Waals surface area contributed by atoms with Gasteiger partial charge in [0.05, 0.1) is 18.6 Å². The predicted molar refractivity (Wildman–Crippen MR) is 126 cm³/mol. The van der Waals surface area contributed by atoms with Crippen molar-refractivity contribution in [2.75, 3.05) is 57.9 Å². The molecule has 2 saturated heterocycles. The number of rotatable bonds is 6. The Kier molecular flexibility index (Phi) is 6.45. The van der Waals surface area contributed by atoms with Gasteiger partial charge in [-0.1, -0.05) is 30.3 Å². The number of benzene rings is 1. The number of thiophene rings is 1. The molecular formula is C24H30N4O2S. The van der Waals surface area contributed by atoms with Crippen molar-refractivity contribution in [3.05, 3.63) is 41.5 Å². The third-order valence-corrected chi connectivity index (χ3v) is 7.13. The molecule has 2 aromatic heterocycles. The summed E-state index contributed by atoms with van der Waals surface area (Å²) >= 11 is 1.70. The molecule has 6 nitrogen and oxygen atoms in total. The van der Waals surface area contributed by atoms with Gasteiger partial charge in [-0.3, -0.25) is 4.90 Å². The summed E-state index contributed by atoms with van der Waals surface area (Å²) in [6, 6.07) is 10.6. The summed E-state index contributed by atoms with van der Waals surface area (Å²) < 4.78 is 10.9. The van der Waals surface area contributed by atoms with E-state index in [0.717, 1.165) is 62.4 Å². The monoisotopic (exact) mass is 438 g/mol. The maximum Gasteiger partial charge on any atom is 0.158 e. The Morgan fingerprint density at radius 1 is 1.13 bits per heavy atom. The fourth-order valence-corrected chi connectivity index (χ4v) is 5.74. The van der Waals surface area contributed by atoms with E-state index in [4.69, 9.17) is 19.4 Å². The van der Waals surface area contributed by atoms with E-state index < -0.39 is 0 Å². The van der Waals surface area contributed by atoms with E-state index in [0.29, 0.717) is 12.5 Å². The van der Waals surface area contributed by atoms with Crippen LogP contribution in [0.3, 0.4) is 0 Å². The van der Waals surface area contributed by atoms with Gasteiger partial charge in [-0.15, -0.1) is 11.3 Å². The molecule has 1 atom stereocenters. The quantitative estimate of drug-likeness (QED) is 0.579. The highest BCUT2D eigenvalue weighted by Gasteiger charge is 2.27. The second kappa shape index (κ2) is 9.61. The zero-order valence-electron chi connectivity index (χ0n) is 18.1. The van der Waals surface area contributed by atoms with Gasteiger partial charge in [0.2, 0.25) is 0 Å². The topological polar surface area (TPSA) is 50.7 Å². The van der Waals surface area contributed by atoms with Crippen LogP contribution in [0.25, 0.3) is 21.3 Å². The minimum Gasteiger partial charge on any atom is -0.379 e. The van der Waals surface area contributed by atoms with Crippen LogP contribution in [0.5, 0.6) is 0 Å². The third kappa shape index (κ3) is 4.60. The summed E-state index contributed by atoms with van der Waals surface area (Å²) in [7, 11) is 1.70. The molecule has 0 amide bonds. The molecule has 164 valence electrons. The molecule has 0 N–H and O–H groups in total. The Bertz CT molecular complexity index is 1000. The molecule has 5 rings (SSSR count). The summed E-state index contributed by atoms with van der Waals surface area (Å²) in [6.45, 7) is 7.49. The van der Waals surface area contributed by atoms with Crippen LogP contribution >= 0.6 is 11.3 Å². The van der Waals surface area contributed by atoms with Gasteiger partial charge in [0.25, 0.3) is 0 Å². The smallest absolute Gasteiger partial charge is 0.158 e. The Morgan fingerprint density at radius 3 is 2.77 bits per heavy atom. The fraction of sp³-hybridized carbons (Fsp3) is 0.500. The van der Waals surface area contributed by atoms with Crippen molar-refractivity contribution in [3.8, 4) is 11.1 Å². The number of nitrogens with zero attached hydrogens (tertiary/aromatic N) is 4. The van der Waals surface area contributed by atoms with Gasteiger partial charge < -0.3 is 14.4 Å². The van der Waals surface area contributed by atoms with Gasteiger partial charge >= 0.3 is 0 Å². The molecule has 7 heteroatoms. The predicted octanol–water partition coefficient (Wildman–Crippen LogP) is 4.05. The summed E-state index contributed by atoms with van der Waals surface area (Å²) in [5.74, 6) is 2.49. The van der Waals surface area contributed by atoms with Crippen LogP contribution in [0.1, 0.15) is 18.7 Å². The average Bonchev–Trinajstić information content (AvgIpc) is 3.24. The van der Waals surface area contributed by atoms with Crippen LogP contribution in [0, 0.1) is 5.92 Å². The number of aromatic nitrogens is 2. The molecule has 3 aromatic rings. The molecule has 2 fully saturated rings. The minimum atomic E-state index is 0.437. The van der Waals surface area contributed by atoms with E-state index >= 15 is 0 Å². The maximum atomic E-state index is 5.53. The minimum absolute atomic E-state index is 0.437. The van der Waals surface area contributed by atoms with Crippen LogP contribution in [0.4, 0.5) is 5.82 Å². The summed E-state index contributed by atoms with van der Waals surface area (Å²) in [5.41, 5.74) is 2.45. The first-order valence-electron chi connectivity index (χ1n) is 11.2. The molecule has 2 aliphatic heterocycles. The highest BCUT2D eigenvalue weighted by atomic mass is 32.1. The van der Waals surface area contributed by atoms with Gasteiger partial charge in [-0.2, -0.15) is 0 Å². The van der Waals surface area contributed by atoms with Crippen LogP contribution in [-0.2, 0) is 16.1 Å². The zero-order chi connectivity index (χ0) is 21.0. The number of hydrogen-bond donors (Lipinski definition) is 0. The summed E-state index contributed by atoms with van der Waals surface area (Å²) in [5, 5.41) is 3.41. The summed E-state index contributed by atoms with van der Waals surface area (Å²) in [4.78, 5) is 15.9. The molecule has 4 heterocycles. The van der Waals surface area contributed by atoms with Crippen molar-refractivity contribution in [2.45, 2.75) is 19.4 Å². The lowest BCUT2D eigenvalue weighted by atomic mass is 9.96. The Morgan fingerprint density at radius 2 is 1.97 bits per heavy atom. The molecule has 0 bridgehead atoms. The van der Waals surface area contributed by atoms with Crippen LogP contribution in [-0.4, -0.2) is 67.9 Å². The van der Waals surface area contributed by atoms with Crippen molar-refractivity contribution >= 4 is 27.4 Å². The Labute approximate surface area is 187 Å². The van der Waals surface area contributed by atoms with Crippen LogP contribution in [0.2, 0.25) is 0 Å². The second-order valence-corrected chi connectivity index (χ2v) is 9.32. The summed E-state index contributed by atoms with van der Waals surface area (Å²) in [6.07, 6.45) is 2.48. The number of ether oxygens (including phenoxy) is 2. The molecule has 0 saturated carbocycles. The van der Waals surface area contributed by atoms with Crippen molar-refractivity contribution in [2.24, 2.45) is 5.92 Å².